The SMILES string of the molecule is CC1(C)OB(c2ccc(-c3ccc(-c4nc(-c5ccccc5)nc(-c5ccccc5)n4)cc3)cc2)OC1(C)C.Fc1ccc(-c2ccc(-c3ccc(-c4ccc(-c5nc(-c6ccccc6)nc(-c6ccccc6)n5)cc4)cc3)cc2)cc1.Fc1ccc(-c2ccc(Br)cc2)cc1. The number of nitrogens with zero attached hydrogens (tertiary/aromatic N) is 6. The monoisotopic (exact) mass is 1320 g/mol. The molecule has 0 bridgehead atoms. The Balaban J connectivity index is 0.000000145. The van der Waals surface area contributed by atoms with Crippen LogP contribution in [0.5, 0.6) is 0 Å². The Hall–Kier alpha value is -11.0. The van der Waals surface area contributed by atoms with Crippen molar-refractivity contribution in [1.29, 1.82) is 0 Å². The van der Waals surface area contributed by atoms with Gasteiger partial charge in [-0.1, -0.05) is 295 Å². The molecule has 0 radical (unpaired) electrons. The van der Waals surface area contributed by atoms with Crippen molar-refractivity contribution in [2.75, 3.05) is 0 Å². The van der Waals surface area contributed by atoms with E-state index in [9.17, 15) is 8.78 Å². The van der Waals surface area contributed by atoms with E-state index in [1.807, 2.05) is 146 Å². The average Bonchev–Trinajstić information content (AvgIpc) is 1.53. The molecule has 15 rings (SSSR count). The van der Waals surface area contributed by atoms with Crippen LogP contribution in [0.25, 0.3) is 124 Å². The van der Waals surface area contributed by atoms with Crippen molar-refractivity contribution in [3.05, 3.63) is 332 Å². The molecule has 0 N–H and O–H groups in total. The van der Waals surface area contributed by atoms with Crippen molar-refractivity contribution in [2.45, 2.75) is 38.9 Å². The first-order valence-corrected chi connectivity index (χ1v) is 32.4. The smallest absolute Gasteiger partial charge is 0.399 e. The second-order valence-corrected chi connectivity index (χ2v) is 25.0. The van der Waals surface area contributed by atoms with E-state index in [4.69, 9.17) is 39.2 Å². The minimum Gasteiger partial charge on any atom is -0.399 e. The van der Waals surface area contributed by atoms with Crippen LogP contribution < -0.4 is 5.46 Å². The molecule has 12 heteroatoms. The highest BCUT2D eigenvalue weighted by molar-refractivity contribution is 9.10. The van der Waals surface area contributed by atoms with Gasteiger partial charge in [0.25, 0.3) is 0 Å². The van der Waals surface area contributed by atoms with Crippen molar-refractivity contribution < 1.29 is 18.1 Å². The van der Waals surface area contributed by atoms with Gasteiger partial charge in [0.15, 0.2) is 34.9 Å². The first-order chi connectivity index (χ1) is 46.7. The topological polar surface area (TPSA) is 95.8 Å². The minimum atomic E-state index is -0.368. The quantitative estimate of drug-likeness (QED) is 0.112. The van der Waals surface area contributed by atoms with Crippen LogP contribution >= 0.6 is 15.9 Å². The van der Waals surface area contributed by atoms with Crippen molar-refractivity contribution in [3.8, 4) is 124 Å². The molecule has 0 saturated carbocycles. The third kappa shape index (κ3) is 15.1. The molecule has 3 heterocycles. The Labute approximate surface area is 567 Å². The van der Waals surface area contributed by atoms with Gasteiger partial charge < -0.3 is 9.31 Å². The summed E-state index contributed by atoms with van der Waals surface area (Å²) in [6.07, 6.45) is 0. The summed E-state index contributed by atoms with van der Waals surface area (Å²) >= 11 is 3.37. The van der Waals surface area contributed by atoms with Crippen LogP contribution in [-0.2, 0) is 9.31 Å². The molecule has 8 nitrogen and oxygen atoms in total. The van der Waals surface area contributed by atoms with Gasteiger partial charge in [0.05, 0.1) is 11.2 Å². The van der Waals surface area contributed by atoms with Gasteiger partial charge in [-0.15, -0.1) is 0 Å². The highest BCUT2D eigenvalue weighted by Crippen LogP contribution is 2.37. The lowest BCUT2D eigenvalue weighted by Crippen LogP contribution is -2.41. The number of halogens is 3. The van der Waals surface area contributed by atoms with Crippen LogP contribution in [0.2, 0.25) is 0 Å². The number of aromatic nitrogens is 6. The van der Waals surface area contributed by atoms with Crippen molar-refractivity contribution >= 4 is 28.5 Å². The maximum absolute atomic E-state index is 13.3. The number of hydrogen-bond acceptors (Lipinski definition) is 8. The van der Waals surface area contributed by atoms with Crippen LogP contribution in [-0.4, -0.2) is 48.2 Å². The van der Waals surface area contributed by atoms with Crippen molar-refractivity contribution in [2.24, 2.45) is 0 Å². The zero-order chi connectivity index (χ0) is 66.0. The van der Waals surface area contributed by atoms with E-state index < -0.39 is 0 Å². The molecule has 14 aromatic rings. The van der Waals surface area contributed by atoms with Crippen LogP contribution in [0, 0.1) is 11.6 Å². The molecule has 0 spiro atoms. The largest absolute Gasteiger partial charge is 0.494 e. The first-order valence-electron chi connectivity index (χ1n) is 31.6. The van der Waals surface area contributed by atoms with Crippen LogP contribution in [0.3, 0.4) is 0 Å². The summed E-state index contributed by atoms with van der Waals surface area (Å²) < 4.78 is 39.4. The van der Waals surface area contributed by atoms with Gasteiger partial charge in [0, 0.05) is 37.9 Å². The molecule has 0 atom stereocenters. The normalized spacial score (nSPS) is 12.8. The second kappa shape index (κ2) is 28.7. The van der Waals surface area contributed by atoms with Gasteiger partial charge in [-0.3, -0.25) is 0 Å². The summed E-state index contributed by atoms with van der Waals surface area (Å²) in [6, 6.07) is 103. The predicted molar refractivity (Wildman–Crippen MR) is 389 cm³/mol. The number of rotatable bonds is 12. The zero-order valence-corrected chi connectivity index (χ0v) is 54.8. The van der Waals surface area contributed by atoms with E-state index in [2.05, 4.69) is 165 Å². The van der Waals surface area contributed by atoms with Crippen molar-refractivity contribution in [3.63, 3.8) is 0 Å². The summed E-state index contributed by atoms with van der Waals surface area (Å²) in [5.74, 6) is 3.46. The molecule has 1 fully saturated rings. The number of benzene rings is 12. The fraction of sp³-hybridized carbons (Fsp3) is 0.0714. The Morgan fingerprint density at radius 3 is 0.646 bits per heavy atom. The Morgan fingerprint density at radius 1 is 0.240 bits per heavy atom. The van der Waals surface area contributed by atoms with E-state index in [1.165, 1.54) is 24.3 Å². The molecule has 1 saturated heterocycles. The molecule has 2 aromatic heterocycles. The lowest BCUT2D eigenvalue weighted by Gasteiger charge is -2.32. The maximum atomic E-state index is 13.3. The van der Waals surface area contributed by atoms with E-state index in [0.717, 1.165) is 99.0 Å². The van der Waals surface area contributed by atoms with Gasteiger partial charge in [-0.2, -0.15) is 0 Å². The molecule has 1 aliphatic rings. The maximum Gasteiger partial charge on any atom is 0.494 e. The van der Waals surface area contributed by atoms with E-state index in [-0.39, 0.29) is 30.0 Å². The highest BCUT2D eigenvalue weighted by Gasteiger charge is 2.51. The van der Waals surface area contributed by atoms with E-state index >= 15 is 0 Å². The molecule has 0 unspecified atom stereocenters. The Bertz CT molecular complexity index is 4710. The van der Waals surface area contributed by atoms with Crippen LogP contribution in [0.15, 0.2) is 320 Å². The van der Waals surface area contributed by atoms with Gasteiger partial charge in [-0.05, 0) is 125 Å². The van der Waals surface area contributed by atoms with Gasteiger partial charge in [-0.25, -0.2) is 38.7 Å². The lowest BCUT2D eigenvalue weighted by molar-refractivity contribution is 0.00578. The molecule has 1 aliphatic heterocycles. The lowest BCUT2D eigenvalue weighted by atomic mass is 9.78. The third-order valence-corrected chi connectivity index (χ3v) is 17.6. The average molecular weight is 1320 g/mol. The van der Waals surface area contributed by atoms with Gasteiger partial charge in [0.1, 0.15) is 11.6 Å². The molecule has 466 valence electrons. The predicted octanol–water partition coefficient (Wildman–Crippen LogP) is 21.1. The molecular formula is C84H64BBrF2N6O2. The fourth-order valence-corrected chi connectivity index (χ4v) is 11.2. The van der Waals surface area contributed by atoms with Crippen LogP contribution in [0.1, 0.15) is 27.7 Å². The summed E-state index contributed by atoms with van der Waals surface area (Å²) in [5, 5.41) is 0. The Morgan fingerprint density at radius 2 is 0.417 bits per heavy atom. The first kappa shape index (κ1) is 63.7. The summed E-state index contributed by atoms with van der Waals surface area (Å²) in [6.45, 7) is 8.28. The zero-order valence-electron chi connectivity index (χ0n) is 53.2. The van der Waals surface area contributed by atoms with Gasteiger partial charge in [0.2, 0.25) is 0 Å². The fourth-order valence-electron chi connectivity index (χ4n) is 10.9. The van der Waals surface area contributed by atoms with Gasteiger partial charge >= 0.3 is 7.12 Å². The van der Waals surface area contributed by atoms with Crippen LogP contribution in [0.4, 0.5) is 8.78 Å². The summed E-state index contributed by atoms with van der Waals surface area (Å²) in [5.41, 5.74) is 16.9. The second-order valence-electron chi connectivity index (χ2n) is 24.1. The molecule has 0 amide bonds. The van der Waals surface area contributed by atoms with E-state index in [1.54, 1.807) is 24.3 Å². The third-order valence-electron chi connectivity index (χ3n) is 17.1. The molecule has 12 aromatic carbocycles. The summed E-state index contributed by atoms with van der Waals surface area (Å²) in [7, 11) is -0.368. The molecule has 96 heavy (non-hydrogen) atoms. The molecular weight excluding hydrogens is 1250 g/mol. The minimum absolute atomic E-state index is 0.203. The van der Waals surface area contributed by atoms with E-state index in [0.29, 0.717) is 34.9 Å². The molecule has 0 aliphatic carbocycles. The summed E-state index contributed by atoms with van der Waals surface area (Å²) in [4.78, 5) is 28.9. The standard InChI is InChI=1S/C39H26FN3.C33H30BN3O2.C12H8BrF/c40-36-25-23-32(24-26-36)30-17-15-28(16-18-30)27-11-13-29(14-12-27)31-19-21-35(22-20-31)39-42-37(33-7-3-1-4-8-33)41-38(43-39)34-9-5-2-6-10-34;1-32(2)33(3,4)39-34(38-32)28-21-19-24(20-22-28)23-15-17-27(18-16-23)31-36-29(25-11-7-5-8-12-25)35-30(37-31)26-13-9-6-10-14-26;13-11-5-1-9(2-6-11)10-3-7-12(14)8-4-10/h1-26H;5-22H,1-4H3;1-8H. The number of hydrogen-bond donors (Lipinski definition) is 0. The Kier molecular flexibility index (Phi) is 19.0. The highest BCUT2D eigenvalue weighted by atomic mass is 79.9. The van der Waals surface area contributed by atoms with Crippen molar-refractivity contribution in [1.82, 2.24) is 29.9 Å².